The summed E-state index contributed by atoms with van der Waals surface area (Å²) in [5, 5.41) is 4.36. The summed E-state index contributed by atoms with van der Waals surface area (Å²) in [6.45, 7) is 8.76. The fraction of sp³-hybridized carbons (Fsp3) is 0.773. The number of morpholine rings is 1. The molecule has 3 fully saturated rings. The maximum absolute atomic E-state index is 13.2. The Bertz CT molecular complexity index is 769. The third-order valence-electron chi connectivity index (χ3n) is 7.35. The zero-order valence-corrected chi connectivity index (χ0v) is 18.4. The van der Waals surface area contributed by atoms with Crippen LogP contribution in [0.2, 0.25) is 0 Å². The molecule has 3 heterocycles. The molecule has 2 aliphatic heterocycles. The molecule has 3 aliphatic rings. The Kier molecular flexibility index (Phi) is 6.16. The lowest BCUT2D eigenvalue weighted by molar-refractivity contribution is -0.168. The average Bonchev–Trinajstić information content (AvgIpc) is 3.11. The van der Waals surface area contributed by atoms with E-state index in [1.807, 2.05) is 31.9 Å². The molecule has 0 unspecified atom stereocenters. The van der Waals surface area contributed by atoms with Gasteiger partial charge in [0, 0.05) is 45.0 Å². The highest BCUT2D eigenvalue weighted by molar-refractivity contribution is 5.93. The minimum atomic E-state index is -0.601. The summed E-state index contributed by atoms with van der Waals surface area (Å²) in [4.78, 5) is 30.7. The van der Waals surface area contributed by atoms with E-state index in [1.54, 1.807) is 4.68 Å². The highest BCUT2D eigenvalue weighted by Crippen LogP contribution is 2.48. The van der Waals surface area contributed by atoms with Gasteiger partial charge in [0.05, 0.1) is 25.2 Å². The van der Waals surface area contributed by atoms with Gasteiger partial charge in [-0.1, -0.05) is 0 Å². The topological polar surface area (TPSA) is 76.9 Å². The van der Waals surface area contributed by atoms with E-state index in [-0.39, 0.29) is 17.8 Å². The zero-order valence-electron chi connectivity index (χ0n) is 18.4. The van der Waals surface area contributed by atoms with Crippen molar-refractivity contribution in [1.82, 2.24) is 19.6 Å². The van der Waals surface area contributed by atoms with Crippen molar-refractivity contribution < 1.29 is 19.1 Å². The van der Waals surface area contributed by atoms with Crippen molar-refractivity contribution in [3.8, 4) is 0 Å². The van der Waals surface area contributed by atoms with Crippen molar-refractivity contribution in [3.05, 3.63) is 17.5 Å². The molecular weight excluding hydrogens is 384 g/mol. The van der Waals surface area contributed by atoms with Gasteiger partial charge in [-0.2, -0.15) is 5.10 Å². The number of aryl methyl sites for hydroxylation is 2. The molecule has 0 N–H and O–H groups in total. The predicted molar refractivity (Wildman–Crippen MR) is 111 cm³/mol. The van der Waals surface area contributed by atoms with E-state index in [9.17, 15) is 9.59 Å². The molecule has 1 aliphatic carbocycles. The molecule has 2 saturated heterocycles. The molecule has 0 spiro atoms. The number of carbonyl (C=O) groups excluding carboxylic acids is 2. The molecule has 0 radical (unpaired) electrons. The van der Waals surface area contributed by atoms with Gasteiger partial charge in [0.2, 0.25) is 0 Å². The fourth-order valence-electron chi connectivity index (χ4n) is 5.52. The van der Waals surface area contributed by atoms with Crippen LogP contribution >= 0.6 is 0 Å². The Morgan fingerprint density at radius 3 is 2.70 bits per heavy atom. The molecule has 1 amide bonds. The van der Waals surface area contributed by atoms with Crippen LogP contribution in [0.25, 0.3) is 0 Å². The minimum Gasteiger partial charge on any atom is -0.466 e. The average molecular weight is 419 g/mol. The van der Waals surface area contributed by atoms with Gasteiger partial charge in [-0.3, -0.25) is 19.2 Å². The van der Waals surface area contributed by atoms with Crippen molar-refractivity contribution in [3.63, 3.8) is 0 Å². The number of hydrogen-bond donors (Lipinski definition) is 0. The Labute approximate surface area is 178 Å². The van der Waals surface area contributed by atoms with E-state index in [0.717, 1.165) is 57.7 Å². The molecule has 1 saturated carbocycles. The first-order valence-electron chi connectivity index (χ1n) is 11.2. The van der Waals surface area contributed by atoms with Crippen LogP contribution in [0, 0.1) is 18.3 Å². The Balaban J connectivity index is 1.53. The number of amides is 1. The Morgan fingerprint density at radius 2 is 2.03 bits per heavy atom. The fourth-order valence-corrected chi connectivity index (χ4v) is 5.52. The number of nitrogens with zero attached hydrogens (tertiary/aromatic N) is 4. The van der Waals surface area contributed by atoms with Gasteiger partial charge < -0.3 is 14.4 Å². The molecule has 3 atom stereocenters. The summed E-state index contributed by atoms with van der Waals surface area (Å²) < 4.78 is 12.8. The lowest BCUT2D eigenvalue weighted by Gasteiger charge is -2.52. The molecule has 0 aromatic carbocycles. The number of ether oxygens (including phenoxy) is 2. The van der Waals surface area contributed by atoms with Gasteiger partial charge in [-0.15, -0.1) is 0 Å². The van der Waals surface area contributed by atoms with Gasteiger partial charge in [-0.25, -0.2) is 0 Å². The molecule has 30 heavy (non-hydrogen) atoms. The zero-order chi connectivity index (χ0) is 21.3. The van der Waals surface area contributed by atoms with Crippen LogP contribution < -0.4 is 0 Å². The van der Waals surface area contributed by atoms with Crippen LogP contribution in [0.4, 0.5) is 0 Å². The predicted octanol–water partition coefficient (Wildman–Crippen LogP) is 1.62. The van der Waals surface area contributed by atoms with E-state index in [0.29, 0.717) is 31.4 Å². The van der Waals surface area contributed by atoms with E-state index in [4.69, 9.17) is 9.47 Å². The molecule has 166 valence electrons. The second kappa shape index (κ2) is 8.67. The standard InChI is InChI=1S/C22H34N4O4/c1-4-30-21(28)22-7-5-18(25-9-11-29-12-10-25)14-17(22)6-8-26(15-22)20(27)19-13-16(2)24(3)23-19/h13,17-18H,4-12,14-15H2,1-3H3/t17-,18-,22-/m1/s1. The van der Waals surface area contributed by atoms with E-state index < -0.39 is 5.41 Å². The van der Waals surface area contributed by atoms with E-state index in [1.165, 1.54) is 0 Å². The highest BCUT2D eigenvalue weighted by Gasteiger charge is 2.54. The highest BCUT2D eigenvalue weighted by atomic mass is 16.5. The number of aromatic nitrogens is 2. The molecule has 4 rings (SSSR count). The second-order valence-corrected chi connectivity index (χ2v) is 8.96. The van der Waals surface area contributed by atoms with Crippen LogP contribution in [0.1, 0.15) is 48.8 Å². The lowest BCUT2D eigenvalue weighted by Crippen LogP contribution is -2.59. The van der Waals surface area contributed by atoms with Crippen molar-refractivity contribution in [2.75, 3.05) is 46.0 Å². The number of rotatable bonds is 4. The molecular formula is C22H34N4O4. The first-order valence-corrected chi connectivity index (χ1v) is 11.2. The maximum atomic E-state index is 13.2. The molecule has 8 heteroatoms. The Morgan fingerprint density at radius 1 is 1.27 bits per heavy atom. The quantitative estimate of drug-likeness (QED) is 0.692. The summed E-state index contributed by atoms with van der Waals surface area (Å²) in [6, 6.07) is 2.31. The number of piperidine rings is 1. The largest absolute Gasteiger partial charge is 0.466 e. The lowest BCUT2D eigenvalue weighted by atomic mass is 9.61. The first kappa shape index (κ1) is 21.3. The number of likely N-dealkylation sites (tertiary alicyclic amines) is 1. The number of esters is 1. The summed E-state index contributed by atoms with van der Waals surface area (Å²) >= 11 is 0. The molecule has 1 aromatic heterocycles. The van der Waals surface area contributed by atoms with E-state index >= 15 is 0 Å². The van der Waals surface area contributed by atoms with Crippen molar-refractivity contribution in [2.45, 2.75) is 45.6 Å². The summed E-state index contributed by atoms with van der Waals surface area (Å²) in [7, 11) is 1.84. The van der Waals surface area contributed by atoms with Gasteiger partial charge in [-0.05, 0) is 51.5 Å². The smallest absolute Gasteiger partial charge is 0.314 e. The summed E-state index contributed by atoms with van der Waals surface area (Å²) in [5.41, 5.74) is 0.796. The van der Waals surface area contributed by atoms with Crippen molar-refractivity contribution in [1.29, 1.82) is 0 Å². The van der Waals surface area contributed by atoms with Crippen molar-refractivity contribution in [2.24, 2.45) is 18.4 Å². The van der Waals surface area contributed by atoms with Crippen molar-refractivity contribution >= 4 is 11.9 Å². The third kappa shape index (κ3) is 3.87. The normalized spacial score (nSPS) is 30.0. The van der Waals surface area contributed by atoms with Gasteiger partial charge in [0.25, 0.3) is 5.91 Å². The molecule has 0 bridgehead atoms. The van der Waals surface area contributed by atoms with Gasteiger partial charge in [0.15, 0.2) is 5.69 Å². The number of fused-ring (bicyclic) bond motifs is 1. The number of carbonyl (C=O) groups is 2. The second-order valence-electron chi connectivity index (χ2n) is 8.96. The van der Waals surface area contributed by atoms with E-state index in [2.05, 4.69) is 10.00 Å². The Hall–Kier alpha value is -1.93. The number of hydrogen-bond acceptors (Lipinski definition) is 6. The maximum Gasteiger partial charge on any atom is 0.314 e. The van der Waals surface area contributed by atoms with Gasteiger partial charge in [0.1, 0.15) is 0 Å². The minimum absolute atomic E-state index is 0.0869. The van der Waals surface area contributed by atoms with Crippen LogP contribution in [0.15, 0.2) is 6.07 Å². The van der Waals surface area contributed by atoms with Crippen LogP contribution in [0.3, 0.4) is 0 Å². The molecule has 8 nitrogen and oxygen atoms in total. The molecule has 1 aromatic rings. The SMILES string of the molecule is CCOC(=O)[C@@]12CC[C@@H](N3CCOCC3)C[C@H]1CCN(C(=O)c1cc(C)n(C)n1)C2. The van der Waals surface area contributed by atoms with Crippen LogP contribution in [-0.2, 0) is 21.3 Å². The van der Waals surface area contributed by atoms with Crippen LogP contribution in [-0.4, -0.2) is 83.5 Å². The third-order valence-corrected chi connectivity index (χ3v) is 7.35. The first-order chi connectivity index (χ1) is 14.4. The monoisotopic (exact) mass is 418 g/mol. The summed E-state index contributed by atoms with van der Waals surface area (Å²) in [5.74, 6) is 0.0221. The van der Waals surface area contributed by atoms with Gasteiger partial charge >= 0.3 is 5.97 Å². The summed E-state index contributed by atoms with van der Waals surface area (Å²) in [6.07, 6.45) is 3.55. The van der Waals surface area contributed by atoms with Crippen LogP contribution in [0.5, 0.6) is 0 Å².